The Morgan fingerprint density at radius 2 is 1.70 bits per heavy atom. The molecular weight excluding hydrogens is 432 g/mol. The minimum atomic E-state index is -0.451. The highest BCUT2D eigenvalue weighted by molar-refractivity contribution is 7.64. The molecule has 0 saturated carbocycles. The third-order valence-electron chi connectivity index (χ3n) is 5.74. The molecule has 2 N–H and O–H groups in total. The molecule has 4 aromatic rings. The molecule has 4 rings (SSSR count). The number of fused-ring (bicyclic) bond motifs is 1. The first-order chi connectivity index (χ1) is 15.8. The predicted octanol–water partition coefficient (Wildman–Crippen LogP) is 5.48. The zero-order valence-corrected chi connectivity index (χ0v) is 20.7. The van der Waals surface area contributed by atoms with E-state index in [-0.39, 0.29) is 5.82 Å². The third kappa shape index (κ3) is 5.35. The van der Waals surface area contributed by atoms with E-state index in [2.05, 4.69) is 89.9 Å². The molecule has 172 valence electrons. The topological polar surface area (TPSA) is 47.2 Å². The standard InChI is InChI=1S/C26H31FN5P/c1-31(2)14-15-32(3)20-9-6-18(7-10-20)24-17-21-22(12-13-28-26(21)30-24)29-23-11-8-19(27)16-25(23)33(4)5/h6-13,16-17H,14-15H2,1-5H3,(H2,28,29,30). The summed E-state index contributed by atoms with van der Waals surface area (Å²) in [6.45, 7) is 6.25. The lowest BCUT2D eigenvalue weighted by Gasteiger charge is -2.21. The summed E-state index contributed by atoms with van der Waals surface area (Å²) in [5, 5.41) is 5.53. The van der Waals surface area contributed by atoms with Crippen molar-refractivity contribution < 1.29 is 4.39 Å². The summed E-state index contributed by atoms with van der Waals surface area (Å²) in [6.07, 6.45) is 1.79. The van der Waals surface area contributed by atoms with Crippen molar-refractivity contribution in [2.45, 2.75) is 0 Å². The van der Waals surface area contributed by atoms with Gasteiger partial charge in [-0.3, -0.25) is 0 Å². The van der Waals surface area contributed by atoms with Crippen molar-refractivity contribution in [3.05, 3.63) is 66.6 Å². The number of anilines is 3. The molecule has 0 radical (unpaired) electrons. The lowest BCUT2D eigenvalue weighted by molar-refractivity contribution is 0.416. The van der Waals surface area contributed by atoms with E-state index in [1.807, 2.05) is 12.1 Å². The molecule has 0 amide bonds. The number of likely N-dealkylation sites (N-methyl/N-ethyl adjacent to an activating group) is 2. The molecule has 0 aliphatic rings. The number of aromatic nitrogens is 2. The molecule has 2 aromatic carbocycles. The van der Waals surface area contributed by atoms with Crippen molar-refractivity contribution in [3.8, 4) is 11.3 Å². The molecule has 0 unspecified atom stereocenters. The average molecular weight is 464 g/mol. The van der Waals surface area contributed by atoms with Gasteiger partial charge in [0, 0.05) is 54.1 Å². The fourth-order valence-electron chi connectivity index (χ4n) is 3.79. The van der Waals surface area contributed by atoms with Gasteiger partial charge in [0.2, 0.25) is 0 Å². The maximum atomic E-state index is 13.8. The number of aromatic amines is 1. The molecule has 33 heavy (non-hydrogen) atoms. The van der Waals surface area contributed by atoms with E-state index in [1.165, 1.54) is 11.8 Å². The minimum absolute atomic E-state index is 0.202. The highest BCUT2D eigenvalue weighted by Crippen LogP contribution is 2.33. The zero-order valence-electron chi connectivity index (χ0n) is 19.9. The number of pyridine rings is 1. The highest BCUT2D eigenvalue weighted by Gasteiger charge is 2.12. The van der Waals surface area contributed by atoms with E-state index >= 15 is 0 Å². The summed E-state index contributed by atoms with van der Waals surface area (Å²) in [5.41, 5.74) is 6.02. The summed E-state index contributed by atoms with van der Waals surface area (Å²) >= 11 is 0. The molecule has 5 nitrogen and oxygen atoms in total. The van der Waals surface area contributed by atoms with E-state index < -0.39 is 7.92 Å². The van der Waals surface area contributed by atoms with Gasteiger partial charge in [-0.05, 0) is 75.5 Å². The number of hydrogen-bond donors (Lipinski definition) is 2. The second-order valence-electron chi connectivity index (χ2n) is 8.76. The van der Waals surface area contributed by atoms with Gasteiger partial charge in [-0.25, -0.2) is 9.37 Å². The summed E-state index contributed by atoms with van der Waals surface area (Å²) in [6, 6.07) is 17.6. The Kier molecular flexibility index (Phi) is 6.96. The molecule has 7 heteroatoms. The quantitative estimate of drug-likeness (QED) is 0.340. The second-order valence-corrected chi connectivity index (χ2v) is 11.0. The van der Waals surface area contributed by atoms with E-state index in [0.29, 0.717) is 0 Å². The largest absolute Gasteiger partial charge is 0.373 e. The van der Waals surface area contributed by atoms with Gasteiger partial charge in [-0.15, -0.1) is 0 Å². The first-order valence-corrected chi connectivity index (χ1v) is 13.2. The van der Waals surface area contributed by atoms with Crippen LogP contribution in [0.1, 0.15) is 0 Å². The normalized spacial score (nSPS) is 11.5. The van der Waals surface area contributed by atoms with Crippen LogP contribution in [0, 0.1) is 5.82 Å². The molecule has 0 aliphatic heterocycles. The minimum Gasteiger partial charge on any atom is -0.373 e. The fraction of sp³-hybridized carbons (Fsp3) is 0.269. The number of H-pyrrole nitrogens is 1. The smallest absolute Gasteiger partial charge is 0.139 e. The lowest BCUT2D eigenvalue weighted by Crippen LogP contribution is -2.28. The molecule has 0 bridgehead atoms. The molecule has 0 saturated heterocycles. The van der Waals surface area contributed by atoms with Gasteiger partial charge >= 0.3 is 0 Å². The van der Waals surface area contributed by atoms with Crippen molar-refractivity contribution in [2.24, 2.45) is 0 Å². The van der Waals surface area contributed by atoms with Crippen molar-refractivity contribution in [3.63, 3.8) is 0 Å². The Morgan fingerprint density at radius 3 is 2.39 bits per heavy atom. The van der Waals surface area contributed by atoms with Crippen LogP contribution >= 0.6 is 7.92 Å². The Bertz CT molecular complexity index is 1230. The molecule has 2 aromatic heterocycles. The maximum absolute atomic E-state index is 13.8. The Hall–Kier alpha value is -2.95. The maximum Gasteiger partial charge on any atom is 0.139 e. The van der Waals surface area contributed by atoms with Crippen LogP contribution < -0.4 is 15.5 Å². The Morgan fingerprint density at radius 1 is 0.939 bits per heavy atom. The van der Waals surface area contributed by atoms with Crippen LogP contribution in [0.4, 0.5) is 21.5 Å². The van der Waals surface area contributed by atoms with Crippen LogP contribution in [-0.2, 0) is 0 Å². The van der Waals surface area contributed by atoms with Gasteiger partial charge in [-0.2, -0.15) is 0 Å². The van der Waals surface area contributed by atoms with Gasteiger partial charge in [0.15, 0.2) is 0 Å². The van der Waals surface area contributed by atoms with E-state index in [4.69, 9.17) is 0 Å². The van der Waals surface area contributed by atoms with Crippen LogP contribution in [0.2, 0.25) is 0 Å². The highest BCUT2D eigenvalue weighted by atomic mass is 31.1. The Balaban J connectivity index is 1.61. The van der Waals surface area contributed by atoms with E-state index in [1.54, 1.807) is 12.3 Å². The second kappa shape index (κ2) is 9.90. The van der Waals surface area contributed by atoms with Crippen LogP contribution in [0.3, 0.4) is 0 Å². The van der Waals surface area contributed by atoms with Gasteiger partial charge < -0.3 is 20.1 Å². The summed E-state index contributed by atoms with van der Waals surface area (Å²) < 4.78 is 13.8. The number of benzene rings is 2. The van der Waals surface area contributed by atoms with Gasteiger partial charge in [-0.1, -0.05) is 20.1 Å². The number of hydrogen-bond acceptors (Lipinski definition) is 4. The van der Waals surface area contributed by atoms with Gasteiger partial charge in [0.05, 0.1) is 5.69 Å². The molecule has 0 fully saturated rings. The third-order valence-corrected chi connectivity index (χ3v) is 7.08. The van der Waals surface area contributed by atoms with Crippen molar-refractivity contribution in [1.29, 1.82) is 0 Å². The van der Waals surface area contributed by atoms with Crippen molar-refractivity contribution >= 4 is 41.3 Å². The van der Waals surface area contributed by atoms with Crippen LogP contribution in [0.25, 0.3) is 22.3 Å². The number of nitrogens with one attached hydrogen (secondary N) is 2. The molecular formula is C26H31FN5P. The summed E-state index contributed by atoms with van der Waals surface area (Å²) in [5.74, 6) is -0.202. The summed E-state index contributed by atoms with van der Waals surface area (Å²) in [7, 11) is 5.84. The van der Waals surface area contributed by atoms with E-state index in [9.17, 15) is 4.39 Å². The predicted molar refractivity (Wildman–Crippen MR) is 141 cm³/mol. The first-order valence-electron chi connectivity index (χ1n) is 11.0. The number of nitrogens with zero attached hydrogens (tertiary/aromatic N) is 3. The lowest BCUT2D eigenvalue weighted by atomic mass is 10.1. The molecule has 2 heterocycles. The number of halogens is 1. The van der Waals surface area contributed by atoms with Crippen LogP contribution in [0.15, 0.2) is 60.8 Å². The van der Waals surface area contributed by atoms with Crippen molar-refractivity contribution in [2.75, 3.05) is 57.8 Å². The molecule has 0 aliphatic carbocycles. The van der Waals surface area contributed by atoms with E-state index in [0.717, 1.165) is 52.1 Å². The molecule has 0 spiro atoms. The van der Waals surface area contributed by atoms with Crippen LogP contribution in [0.5, 0.6) is 0 Å². The zero-order chi connectivity index (χ0) is 23.5. The fourth-order valence-corrected chi connectivity index (χ4v) is 4.79. The van der Waals surface area contributed by atoms with Crippen LogP contribution in [-0.4, -0.2) is 62.4 Å². The molecule has 0 atom stereocenters. The SMILES string of the molecule is CN(C)CCN(C)c1ccc(-c2cc3c(Nc4ccc(F)cc4P(C)C)ccnc3[nH]2)cc1. The summed E-state index contributed by atoms with van der Waals surface area (Å²) in [4.78, 5) is 12.4. The Labute approximate surface area is 196 Å². The van der Waals surface area contributed by atoms with Gasteiger partial charge in [0.1, 0.15) is 11.5 Å². The average Bonchev–Trinajstić information content (AvgIpc) is 3.24. The van der Waals surface area contributed by atoms with Crippen molar-refractivity contribution in [1.82, 2.24) is 14.9 Å². The number of rotatable bonds is 8. The first kappa shape index (κ1) is 23.2. The van der Waals surface area contributed by atoms with Gasteiger partial charge in [0.25, 0.3) is 0 Å². The monoisotopic (exact) mass is 463 g/mol.